The Kier molecular flexibility index (Phi) is 6.49. The second-order valence-corrected chi connectivity index (χ2v) is 7.42. The number of thiocarbonyl (C=S) groups is 1. The molecule has 1 heterocycles. The molecule has 2 aromatic rings. The molecule has 0 amide bonds. The molecular formula is C22H23FN2O3S. The van der Waals surface area contributed by atoms with Gasteiger partial charge in [-0.2, -0.15) is 0 Å². The van der Waals surface area contributed by atoms with Gasteiger partial charge in [-0.3, -0.25) is 0 Å². The zero-order chi connectivity index (χ0) is 21.0. The Morgan fingerprint density at radius 1 is 1.14 bits per heavy atom. The zero-order valence-electron chi connectivity index (χ0n) is 16.5. The quantitative estimate of drug-likeness (QED) is 0.547. The van der Waals surface area contributed by atoms with Crippen LogP contribution in [0.2, 0.25) is 0 Å². The van der Waals surface area contributed by atoms with Crippen molar-refractivity contribution in [3.8, 4) is 5.75 Å². The van der Waals surface area contributed by atoms with Gasteiger partial charge in [-0.1, -0.05) is 24.3 Å². The third-order valence-electron chi connectivity index (χ3n) is 4.36. The lowest BCUT2D eigenvalue weighted by molar-refractivity contribution is -0.143. The maximum Gasteiger partial charge on any atom is 0.338 e. The maximum atomic E-state index is 13.0. The Bertz CT molecular complexity index is 924. The molecule has 1 aliphatic rings. The average molecular weight is 415 g/mol. The van der Waals surface area contributed by atoms with Gasteiger partial charge in [0.25, 0.3) is 0 Å². The lowest BCUT2D eigenvalue weighted by Crippen LogP contribution is -2.45. The van der Waals surface area contributed by atoms with Crippen LogP contribution in [0, 0.1) is 5.82 Å². The van der Waals surface area contributed by atoms with Gasteiger partial charge in [0.05, 0.1) is 17.7 Å². The van der Waals surface area contributed by atoms with E-state index in [1.54, 1.807) is 19.1 Å². The molecule has 7 heteroatoms. The van der Waals surface area contributed by atoms with Crippen molar-refractivity contribution in [2.45, 2.75) is 39.5 Å². The van der Waals surface area contributed by atoms with Crippen LogP contribution in [0.5, 0.6) is 5.75 Å². The van der Waals surface area contributed by atoms with E-state index in [0.717, 1.165) is 11.1 Å². The van der Waals surface area contributed by atoms with Gasteiger partial charge in [0.2, 0.25) is 0 Å². The molecule has 0 unspecified atom stereocenters. The third kappa shape index (κ3) is 5.32. The summed E-state index contributed by atoms with van der Waals surface area (Å²) < 4.78 is 24.1. The maximum absolute atomic E-state index is 13.0. The summed E-state index contributed by atoms with van der Waals surface area (Å²) >= 11 is 5.26. The number of halogens is 1. The predicted molar refractivity (Wildman–Crippen MR) is 113 cm³/mol. The van der Waals surface area contributed by atoms with Gasteiger partial charge in [0, 0.05) is 5.70 Å². The first-order valence-corrected chi connectivity index (χ1v) is 9.71. The van der Waals surface area contributed by atoms with Crippen LogP contribution >= 0.6 is 12.2 Å². The fraction of sp³-hybridized carbons (Fsp3) is 0.273. The fourth-order valence-electron chi connectivity index (χ4n) is 3.00. The number of carbonyl (C=O) groups is 1. The van der Waals surface area contributed by atoms with E-state index in [0.29, 0.717) is 28.7 Å². The second-order valence-electron chi connectivity index (χ2n) is 7.01. The van der Waals surface area contributed by atoms with Gasteiger partial charge in [0.1, 0.15) is 18.2 Å². The van der Waals surface area contributed by atoms with Crippen molar-refractivity contribution in [2.24, 2.45) is 0 Å². The van der Waals surface area contributed by atoms with Gasteiger partial charge < -0.3 is 20.1 Å². The number of hydrogen-bond donors (Lipinski definition) is 2. The van der Waals surface area contributed by atoms with Crippen molar-refractivity contribution in [3.63, 3.8) is 0 Å². The largest absolute Gasteiger partial charge is 0.489 e. The fourth-order valence-corrected chi connectivity index (χ4v) is 3.27. The van der Waals surface area contributed by atoms with Crippen LogP contribution in [0.25, 0.3) is 0 Å². The first-order chi connectivity index (χ1) is 13.8. The highest BCUT2D eigenvalue weighted by atomic mass is 32.1. The molecule has 1 atom stereocenters. The number of esters is 1. The Balaban J connectivity index is 1.75. The van der Waals surface area contributed by atoms with E-state index in [1.165, 1.54) is 12.1 Å². The summed E-state index contributed by atoms with van der Waals surface area (Å²) in [6.45, 7) is 5.76. The number of rotatable bonds is 6. The van der Waals surface area contributed by atoms with E-state index in [4.69, 9.17) is 21.7 Å². The smallest absolute Gasteiger partial charge is 0.338 e. The van der Waals surface area contributed by atoms with Crippen molar-refractivity contribution >= 4 is 23.3 Å². The first kappa shape index (κ1) is 20.8. The van der Waals surface area contributed by atoms with E-state index >= 15 is 0 Å². The summed E-state index contributed by atoms with van der Waals surface area (Å²) in [5.74, 6) is 0.00358. The van der Waals surface area contributed by atoms with Crippen LogP contribution in [0.1, 0.15) is 37.9 Å². The van der Waals surface area contributed by atoms with Crippen molar-refractivity contribution in [3.05, 3.63) is 76.7 Å². The molecule has 0 bridgehead atoms. The van der Waals surface area contributed by atoms with E-state index in [-0.39, 0.29) is 17.9 Å². The molecule has 0 aliphatic carbocycles. The molecule has 152 valence electrons. The zero-order valence-corrected chi connectivity index (χ0v) is 17.3. The molecule has 0 fully saturated rings. The minimum atomic E-state index is -0.416. The highest BCUT2D eigenvalue weighted by Gasteiger charge is 2.31. The minimum absolute atomic E-state index is 0.223. The molecule has 2 N–H and O–H groups in total. The van der Waals surface area contributed by atoms with Gasteiger partial charge in [-0.05, 0) is 68.4 Å². The molecule has 5 nitrogen and oxygen atoms in total. The summed E-state index contributed by atoms with van der Waals surface area (Å²) in [6, 6.07) is 13.2. The summed E-state index contributed by atoms with van der Waals surface area (Å²) in [6.07, 6.45) is -0.223. The van der Waals surface area contributed by atoms with E-state index in [2.05, 4.69) is 10.6 Å². The number of hydrogen-bond acceptors (Lipinski definition) is 4. The van der Waals surface area contributed by atoms with Gasteiger partial charge in [-0.25, -0.2) is 9.18 Å². The monoisotopic (exact) mass is 414 g/mol. The Morgan fingerprint density at radius 2 is 1.79 bits per heavy atom. The molecule has 2 aromatic carbocycles. The topological polar surface area (TPSA) is 59.6 Å². The van der Waals surface area contributed by atoms with Gasteiger partial charge in [0.15, 0.2) is 5.11 Å². The summed E-state index contributed by atoms with van der Waals surface area (Å²) in [4.78, 5) is 12.6. The molecule has 1 aliphatic heterocycles. The lowest BCUT2D eigenvalue weighted by Gasteiger charge is -2.30. The predicted octanol–water partition coefficient (Wildman–Crippen LogP) is 4.15. The van der Waals surface area contributed by atoms with Crippen molar-refractivity contribution in [2.75, 3.05) is 0 Å². The highest BCUT2D eigenvalue weighted by molar-refractivity contribution is 7.80. The standard InChI is InChI=1S/C22H23FN2O3S/c1-13(2)28-21(26)19-14(3)24-22(29)25-20(19)16-6-10-18(11-7-16)27-12-15-4-8-17(23)9-5-15/h4-11,13,20H,12H2,1-3H3,(H2,24,25,29)/t20-/m0/s1. The van der Waals surface area contributed by atoms with E-state index in [9.17, 15) is 9.18 Å². The van der Waals surface area contributed by atoms with E-state index < -0.39 is 6.04 Å². The molecule has 0 saturated heterocycles. The van der Waals surface area contributed by atoms with Crippen LogP contribution in [-0.2, 0) is 16.1 Å². The first-order valence-electron chi connectivity index (χ1n) is 9.30. The van der Waals surface area contributed by atoms with Crippen molar-refractivity contribution < 1.29 is 18.7 Å². The van der Waals surface area contributed by atoms with Crippen LogP contribution in [-0.4, -0.2) is 17.2 Å². The third-order valence-corrected chi connectivity index (χ3v) is 4.58. The molecule has 0 aromatic heterocycles. The molecule has 0 saturated carbocycles. The summed E-state index contributed by atoms with van der Waals surface area (Å²) in [7, 11) is 0. The number of allylic oxidation sites excluding steroid dienone is 1. The SMILES string of the molecule is CC1=C(C(=O)OC(C)C)[C@H](c2ccc(OCc3ccc(F)cc3)cc2)NC(=S)N1. The Morgan fingerprint density at radius 3 is 2.41 bits per heavy atom. The van der Waals surface area contributed by atoms with Crippen LogP contribution < -0.4 is 15.4 Å². The van der Waals surface area contributed by atoms with Gasteiger partial charge in [-0.15, -0.1) is 0 Å². The Labute approximate surface area is 174 Å². The number of ether oxygens (including phenoxy) is 2. The Hall–Kier alpha value is -2.93. The summed E-state index contributed by atoms with van der Waals surface area (Å²) in [5.41, 5.74) is 2.89. The van der Waals surface area contributed by atoms with Gasteiger partial charge >= 0.3 is 5.97 Å². The second kappa shape index (κ2) is 9.05. The highest BCUT2D eigenvalue weighted by Crippen LogP contribution is 2.29. The molecule has 0 radical (unpaired) electrons. The molecule has 0 spiro atoms. The number of benzene rings is 2. The number of nitrogens with one attached hydrogen (secondary N) is 2. The van der Waals surface area contributed by atoms with Crippen molar-refractivity contribution in [1.82, 2.24) is 10.6 Å². The van der Waals surface area contributed by atoms with Crippen molar-refractivity contribution in [1.29, 1.82) is 0 Å². The van der Waals surface area contributed by atoms with E-state index in [1.807, 2.05) is 38.1 Å². The minimum Gasteiger partial charge on any atom is -0.489 e. The molecule has 3 rings (SSSR count). The lowest BCUT2D eigenvalue weighted by atomic mass is 9.95. The average Bonchev–Trinajstić information content (AvgIpc) is 2.66. The summed E-state index contributed by atoms with van der Waals surface area (Å²) in [5, 5.41) is 6.57. The normalized spacial score (nSPS) is 16.3. The molecule has 29 heavy (non-hydrogen) atoms. The van der Waals surface area contributed by atoms with Crippen LogP contribution in [0.15, 0.2) is 59.8 Å². The van der Waals surface area contributed by atoms with Crippen LogP contribution in [0.4, 0.5) is 4.39 Å². The molecular weight excluding hydrogens is 391 g/mol. The number of carbonyl (C=O) groups excluding carboxylic acids is 1. The van der Waals surface area contributed by atoms with Crippen LogP contribution in [0.3, 0.4) is 0 Å².